The van der Waals surface area contributed by atoms with Crippen LogP contribution in [0.2, 0.25) is 0 Å². The Kier molecular flexibility index (Phi) is 6.11. The summed E-state index contributed by atoms with van der Waals surface area (Å²) >= 11 is 0. The number of nitrogens with one attached hydrogen (secondary N) is 1. The fourth-order valence-electron chi connectivity index (χ4n) is 1.87. The van der Waals surface area contributed by atoms with Crippen LogP contribution in [0, 0.1) is 16.0 Å². The second kappa shape index (κ2) is 7.35. The van der Waals surface area contributed by atoms with Crippen molar-refractivity contribution in [2.24, 2.45) is 5.92 Å². The van der Waals surface area contributed by atoms with Gasteiger partial charge in [-0.25, -0.2) is 0 Å². The van der Waals surface area contributed by atoms with E-state index in [1.165, 1.54) is 6.07 Å². The monoisotopic (exact) mass is 284 g/mol. The number of rotatable bonds is 7. The molecule has 6 heteroatoms. The molecule has 1 aromatic rings. The maximum Gasteiger partial charge on any atom is 0.285 e. The summed E-state index contributed by atoms with van der Waals surface area (Å²) in [6.45, 7) is 4.15. The minimum atomic E-state index is -1.37. The number of para-hydroxylation sites is 1. The number of nitro groups is 1. The van der Waals surface area contributed by atoms with Crippen molar-refractivity contribution in [1.29, 1.82) is 0 Å². The maximum atomic E-state index is 12.3. The molecule has 106 valence electrons. The molecule has 0 aliphatic carbocycles. The minimum Gasteiger partial charge on any atom is -0.316 e. The predicted octanol–water partition coefficient (Wildman–Crippen LogP) is 2.34. The zero-order valence-electron chi connectivity index (χ0n) is 11.5. The lowest BCUT2D eigenvalue weighted by atomic mass is 10.0. The summed E-state index contributed by atoms with van der Waals surface area (Å²) in [5, 5.41) is 14.1. The van der Waals surface area contributed by atoms with E-state index in [2.05, 4.69) is 19.2 Å². The lowest BCUT2D eigenvalue weighted by Crippen LogP contribution is -2.36. The van der Waals surface area contributed by atoms with E-state index in [1.807, 2.05) is 7.05 Å². The smallest absolute Gasteiger partial charge is 0.285 e. The van der Waals surface area contributed by atoms with Crippen molar-refractivity contribution in [3.8, 4) is 0 Å². The van der Waals surface area contributed by atoms with Crippen molar-refractivity contribution < 1.29 is 9.13 Å². The van der Waals surface area contributed by atoms with E-state index < -0.39 is 15.7 Å². The van der Waals surface area contributed by atoms with Gasteiger partial charge in [0.2, 0.25) is 0 Å². The van der Waals surface area contributed by atoms with Gasteiger partial charge in [-0.1, -0.05) is 32.4 Å². The molecule has 19 heavy (non-hydrogen) atoms. The third-order valence-electron chi connectivity index (χ3n) is 3.34. The van der Waals surface area contributed by atoms with Crippen LogP contribution in [0.5, 0.6) is 0 Å². The fourth-order valence-corrected chi connectivity index (χ4v) is 3.48. The number of benzene rings is 1. The van der Waals surface area contributed by atoms with E-state index in [4.69, 9.17) is 0 Å². The molecule has 0 saturated carbocycles. The number of hydrogen-bond donors (Lipinski definition) is 1. The quantitative estimate of drug-likeness (QED) is 0.616. The first-order valence-electron chi connectivity index (χ1n) is 6.30. The fraction of sp³-hybridized carbons (Fsp3) is 0.538. The first-order chi connectivity index (χ1) is 9.01. The van der Waals surface area contributed by atoms with E-state index in [9.17, 15) is 14.3 Å². The molecule has 1 N–H and O–H groups in total. The van der Waals surface area contributed by atoms with Crippen LogP contribution in [-0.2, 0) is 10.8 Å². The summed E-state index contributed by atoms with van der Waals surface area (Å²) in [6, 6.07) is 6.31. The van der Waals surface area contributed by atoms with Gasteiger partial charge in [-0.15, -0.1) is 0 Å². The molecule has 1 rings (SSSR count). The Hall–Kier alpha value is -1.27. The zero-order chi connectivity index (χ0) is 14.4. The van der Waals surface area contributed by atoms with Gasteiger partial charge in [0.25, 0.3) is 5.69 Å². The summed E-state index contributed by atoms with van der Waals surface area (Å²) < 4.78 is 12.3. The van der Waals surface area contributed by atoms with Gasteiger partial charge in [0.05, 0.1) is 15.7 Å². The molecule has 5 nitrogen and oxygen atoms in total. The predicted molar refractivity (Wildman–Crippen MR) is 76.7 cm³/mol. The topological polar surface area (TPSA) is 72.2 Å². The molecule has 3 unspecified atom stereocenters. The molecule has 0 aliphatic rings. The highest BCUT2D eigenvalue weighted by molar-refractivity contribution is 7.85. The van der Waals surface area contributed by atoms with Crippen molar-refractivity contribution in [1.82, 2.24) is 5.32 Å². The Labute approximate surface area is 116 Å². The maximum absolute atomic E-state index is 12.3. The molecule has 3 atom stereocenters. The third-order valence-corrected chi connectivity index (χ3v) is 4.84. The standard InChI is InChI=1S/C13H20N2O3S/c1-4-10(2)11(14-3)9-19(18)13-8-6-5-7-12(13)15(16)17/h5-8,10-11,14H,4,9H2,1-3H3. The highest BCUT2D eigenvalue weighted by Gasteiger charge is 2.22. The van der Waals surface area contributed by atoms with Crippen molar-refractivity contribution >= 4 is 16.5 Å². The highest BCUT2D eigenvalue weighted by Crippen LogP contribution is 2.23. The van der Waals surface area contributed by atoms with Crippen molar-refractivity contribution in [3.63, 3.8) is 0 Å². The van der Waals surface area contributed by atoms with Gasteiger partial charge in [0.15, 0.2) is 0 Å². The summed E-state index contributed by atoms with van der Waals surface area (Å²) in [4.78, 5) is 10.7. The van der Waals surface area contributed by atoms with E-state index >= 15 is 0 Å². The molecular weight excluding hydrogens is 264 g/mol. The summed E-state index contributed by atoms with van der Waals surface area (Å²) in [7, 11) is 0.455. The van der Waals surface area contributed by atoms with E-state index in [0.717, 1.165) is 6.42 Å². The normalized spacial score (nSPS) is 15.7. The van der Waals surface area contributed by atoms with Crippen LogP contribution >= 0.6 is 0 Å². The van der Waals surface area contributed by atoms with Gasteiger partial charge >= 0.3 is 0 Å². The molecule has 1 aromatic carbocycles. The van der Waals surface area contributed by atoms with Gasteiger partial charge in [-0.3, -0.25) is 14.3 Å². The van der Waals surface area contributed by atoms with Crippen LogP contribution in [0.25, 0.3) is 0 Å². The lowest BCUT2D eigenvalue weighted by molar-refractivity contribution is -0.387. The van der Waals surface area contributed by atoms with Crippen LogP contribution in [0.15, 0.2) is 29.2 Å². The molecule has 0 saturated heterocycles. The van der Waals surface area contributed by atoms with Crippen molar-refractivity contribution in [2.45, 2.75) is 31.2 Å². The van der Waals surface area contributed by atoms with Gasteiger partial charge in [-0.05, 0) is 19.0 Å². The molecule has 0 aromatic heterocycles. The number of hydrogen-bond acceptors (Lipinski definition) is 4. The molecular formula is C13H20N2O3S. The SMILES string of the molecule is CCC(C)C(CS(=O)c1ccccc1[N+](=O)[O-])NC. The zero-order valence-corrected chi connectivity index (χ0v) is 12.3. The van der Waals surface area contributed by atoms with Gasteiger partial charge < -0.3 is 5.32 Å². The molecule has 0 aliphatic heterocycles. The summed E-state index contributed by atoms with van der Waals surface area (Å²) in [5.74, 6) is 0.757. The van der Waals surface area contributed by atoms with E-state index in [0.29, 0.717) is 16.6 Å². The second-order valence-electron chi connectivity index (χ2n) is 4.52. The Bertz CT molecular complexity index is 465. The molecule has 0 radical (unpaired) electrons. The van der Waals surface area contributed by atoms with Crippen LogP contribution in [0.1, 0.15) is 20.3 Å². The molecule has 0 heterocycles. The summed E-state index contributed by atoms with van der Waals surface area (Å²) in [6.07, 6.45) is 0.972. The third kappa shape index (κ3) is 4.11. The number of nitrogens with zero attached hydrogens (tertiary/aromatic N) is 1. The van der Waals surface area contributed by atoms with Crippen LogP contribution in [-0.4, -0.2) is 28.0 Å². The molecule has 0 bridgehead atoms. The first kappa shape index (κ1) is 15.8. The van der Waals surface area contributed by atoms with Crippen LogP contribution < -0.4 is 5.32 Å². The second-order valence-corrected chi connectivity index (χ2v) is 5.98. The highest BCUT2D eigenvalue weighted by atomic mass is 32.2. The first-order valence-corrected chi connectivity index (χ1v) is 7.62. The minimum absolute atomic E-state index is 0.0696. The molecule has 0 spiro atoms. The lowest BCUT2D eigenvalue weighted by Gasteiger charge is -2.21. The Morgan fingerprint density at radius 2 is 2.05 bits per heavy atom. The van der Waals surface area contributed by atoms with E-state index in [1.54, 1.807) is 18.2 Å². The Morgan fingerprint density at radius 3 is 2.58 bits per heavy atom. The van der Waals surface area contributed by atoms with Crippen molar-refractivity contribution in [2.75, 3.05) is 12.8 Å². The van der Waals surface area contributed by atoms with Crippen molar-refractivity contribution in [3.05, 3.63) is 34.4 Å². The van der Waals surface area contributed by atoms with Crippen LogP contribution in [0.3, 0.4) is 0 Å². The Morgan fingerprint density at radius 1 is 1.42 bits per heavy atom. The van der Waals surface area contributed by atoms with Crippen LogP contribution in [0.4, 0.5) is 5.69 Å². The van der Waals surface area contributed by atoms with Gasteiger partial charge in [0.1, 0.15) is 4.90 Å². The summed E-state index contributed by atoms with van der Waals surface area (Å²) in [5.41, 5.74) is -0.0696. The van der Waals surface area contributed by atoms with E-state index in [-0.39, 0.29) is 11.7 Å². The molecule has 0 fully saturated rings. The average Bonchev–Trinajstić information content (AvgIpc) is 2.43. The largest absolute Gasteiger partial charge is 0.316 e. The Balaban J connectivity index is 2.92. The molecule has 0 amide bonds. The average molecular weight is 284 g/mol. The number of nitro benzene ring substituents is 1. The van der Waals surface area contributed by atoms with Gasteiger partial charge in [-0.2, -0.15) is 0 Å². The van der Waals surface area contributed by atoms with Gasteiger partial charge in [0, 0.05) is 17.9 Å².